The van der Waals surface area contributed by atoms with Crippen LogP contribution in [0.5, 0.6) is 0 Å². The minimum atomic E-state index is -1.30. The maximum atomic E-state index is 11.0. The number of hydrogen-bond acceptors (Lipinski definition) is 3. The van der Waals surface area contributed by atoms with E-state index in [-0.39, 0.29) is 0 Å². The number of carbonyl (C=O) groups is 2. The Bertz CT molecular complexity index is 277. The van der Waals surface area contributed by atoms with Crippen molar-refractivity contribution >= 4 is 11.9 Å². The van der Waals surface area contributed by atoms with Crippen molar-refractivity contribution in [3.05, 3.63) is 0 Å². The molecule has 0 bridgehead atoms. The molecule has 0 aliphatic carbocycles. The molecule has 0 saturated carbocycles. The molecule has 5 nitrogen and oxygen atoms in total. The second kappa shape index (κ2) is 11.7. The molecule has 0 unspecified atom stereocenters. The van der Waals surface area contributed by atoms with Crippen LogP contribution >= 0.6 is 0 Å². The summed E-state index contributed by atoms with van der Waals surface area (Å²) in [5.74, 6) is -3.24. The summed E-state index contributed by atoms with van der Waals surface area (Å²) in [5.41, 5.74) is 0. The zero-order valence-electron chi connectivity index (χ0n) is 12.4. The first-order valence-corrected chi connectivity index (χ1v) is 7.61. The van der Waals surface area contributed by atoms with Gasteiger partial charge in [-0.3, -0.25) is 9.59 Å². The van der Waals surface area contributed by atoms with Gasteiger partial charge in [0.25, 0.3) is 0 Å². The minimum absolute atomic E-state index is 0.346. The lowest BCUT2D eigenvalue weighted by Gasteiger charge is -2.17. The first kappa shape index (κ1) is 18.9. The average molecular weight is 288 g/mol. The quantitative estimate of drug-likeness (QED) is 0.453. The van der Waals surface area contributed by atoms with Crippen molar-refractivity contribution in [1.29, 1.82) is 0 Å². The van der Waals surface area contributed by atoms with Crippen LogP contribution in [0.3, 0.4) is 0 Å². The van der Waals surface area contributed by atoms with E-state index in [1.165, 1.54) is 25.7 Å². The van der Waals surface area contributed by atoms with Crippen LogP contribution in [-0.4, -0.2) is 33.4 Å². The Labute approximate surface area is 121 Å². The van der Waals surface area contributed by atoms with Gasteiger partial charge in [0.05, 0.1) is 18.4 Å². The molecule has 118 valence electrons. The molecule has 0 spiro atoms. The summed E-state index contributed by atoms with van der Waals surface area (Å²) in [4.78, 5) is 21.5. The minimum Gasteiger partial charge on any atom is -0.481 e. The van der Waals surface area contributed by atoms with Crippen molar-refractivity contribution in [3.8, 4) is 0 Å². The first-order valence-electron chi connectivity index (χ1n) is 7.61. The second-order valence-electron chi connectivity index (χ2n) is 5.37. The average Bonchev–Trinajstić information content (AvgIpc) is 2.35. The van der Waals surface area contributed by atoms with E-state index in [0.717, 1.165) is 25.7 Å². The number of carboxylic acid groups (broad SMARTS) is 2. The van der Waals surface area contributed by atoms with Gasteiger partial charge >= 0.3 is 11.9 Å². The number of hydrogen-bond donors (Lipinski definition) is 3. The molecule has 0 amide bonds. The van der Waals surface area contributed by atoms with Crippen LogP contribution in [0.25, 0.3) is 0 Å². The standard InChI is InChI=1S/C15H28O5/c1-2-3-4-5-6-7-8-9-10-12(15(19)20)13(16)11-14(17)18/h12-13,16H,2-11H2,1H3,(H,17,18)(H,19,20)/t12-,13-/m0/s1. The summed E-state index contributed by atoms with van der Waals surface area (Å²) < 4.78 is 0. The van der Waals surface area contributed by atoms with Gasteiger partial charge in [0, 0.05) is 0 Å². The number of unbranched alkanes of at least 4 members (excludes halogenated alkanes) is 7. The molecular formula is C15H28O5. The van der Waals surface area contributed by atoms with Crippen LogP contribution in [-0.2, 0) is 9.59 Å². The van der Waals surface area contributed by atoms with Crippen LogP contribution in [0.2, 0.25) is 0 Å². The van der Waals surface area contributed by atoms with Crippen LogP contribution in [0.15, 0.2) is 0 Å². The van der Waals surface area contributed by atoms with Gasteiger partial charge in [-0.05, 0) is 6.42 Å². The molecule has 0 radical (unpaired) electrons. The lowest BCUT2D eigenvalue weighted by atomic mass is 9.93. The fourth-order valence-corrected chi connectivity index (χ4v) is 2.30. The van der Waals surface area contributed by atoms with E-state index in [9.17, 15) is 14.7 Å². The largest absolute Gasteiger partial charge is 0.481 e. The van der Waals surface area contributed by atoms with Gasteiger partial charge in [-0.25, -0.2) is 0 Å². The number of aliphatic hydroxyl groups excluding tert-OH is 1. The summed E-state index contributed by atoms with van der Waals surface area (Å²) in [6.45, 7) is 2.18. The number of aliphatic carboxylic acids is 2. The molecule has 2 atom stereocenters. The zero-order chi connectivity index (χ0) is 15.4. The second-order valence-corrected chi connectivity index (χ2v) is 5.37. The maximum Gasteiger partial charge on any atom is 0.309 e. The Balaban J connectivity index is 3.76. The van der Waals surface area contributed by atoms with Crippen molar-refractivity contribution in [2.24, 2.45) is 5.92 Å². The van der Waals surface area contributed by atoms with E-state index < -0.39 is 30.4 Å². The lowest BCUT2D eigenvalue weighted by Crippen LogP contribution is -2.30. The van der Waals surface area contributed by atoms with Crippen LogP contribution < -0.4 is 0 Å². The fourth-order valence-electron chi connectivity index (χ4n) is 2.30. The van der Waals surface area contributed by atoms with Gasteiger partial charge < -0.3 is 15.3 Å². The fraction of sp³-hybridized carbons (Fsp3) is 0.867. The maximum absolute atomic E-state index is 11.0. The van der Waals surface area contributed by atoms with Crippen molar-refractivity contribution in [2.75, 3.05) is 0 Å². The molecule has 0 rings (SSSR count). The van der Waals surface area contributed by atoms with Gasteiger partial charge in [-0.15, -0.1) is 0 Å². The van der Waals surface area contributed by atoms with Crippen molar-refractivity contribution < 1.29 is 24.9 Å². The molecule has 0 aromatic rings. The summed E-state index contributed by atoms with van der Waals surface area (Å²) in [7, 11) is 0. The molecular weight excluding hydrogens is 260 g/mol. The monoisotopic (exact) mass is 288 g/mol. The summed E-state index contributed by atoms with van der Waals surface area (Å²) in [6, 6.07) is 0. The number of rotatable bonds is 13. The normalized spacial score (nSPS) is 13.9. The predicted octanol–water partition coefficient (Wildman–Crippen LogP) is 3.05. The Morgan fingerprint density at radius 1 is 0.900 bits per heavy atom. The van der Waals surface area contributed by atoms with E-state index in [2.05, 4.69) is 6.92 Å². The predicted molar refractivity (Wildman–Crippen MR) is 76.6 cm³/mol. The van der Waals surface area contributed by atoms with E-state index in [0.29, 0.717) is 6.42 Å². The molecule has 0 saturated heterocycles. The molecule has 0 aromatic heterocycles. The third-order valence-corrected chi connectivity index (χ3v) is 3.53. The van der Waals surface area contributed by atoms with E-state index in [1.54, 1.807) is 0 Å². The smallest absolute Gasteiger partial charge is 0.309 e. The molecule has 0 aliphatic rings. The molecule has 5 heteroatoms. The highest BCUT2D eigenvalue weighted by atomic mass is 16.4. The molecule has 0 aromatic carbocycles. The van der Waals surface area contributed by atoms with Gasteiger partial charge in [0.15, 0.2) is 0 Å². The van der Waals surface area contributed by atoms with Crippen molar-refractivity contribution in [2.45, 2.75) is 77.2 Å². The van der Waals surface area contributed by atoms with Crippen molar-refractivity contribution in [3.63, 3.8) is 0 Å². The van der Waals surface area contributed by atoms with Gasteiger partial charge in [0.2, 0.25) is 0 Å². The van der Waals surface area contributed by atoms with Crippen LogP contribution in [0, 0.1) is 5.92 Å². The van der Waals surface area contributed by atoms with Crippen molar-refractivity contribution in [1.82, 2.24) is 0 Å². The van der Waals surface area contributed by atoms with Crippen LogP contribution in [0.4, 0.5) is 0 Å². The highest BCUT2D eigenvalue weighted by Gasteiger charge is 2.27. The molecule has 0 fully saturated rings. The molecule has 0 heterocycles. The summed E-state index contributed by atoms with van der Waals surface area (Å²) >= 11 is 0. The SMILES string of the molecule is CCCCCCCCCC[C@H](C(=O)O)[C@@H](O)CC(=O)O. The van der Waals surface area contributed by atoms with Gasteiger partial charge in [0.1, 0.15) is 0 Å². The first-order chi connectivity index (χ1) is 9.49. The van der Waals surface area contributed by atoms with E-state index in [4.69, 9.17) is 10.2 Å². The molecule has 20 heavy (non-hydrogen) atoms. The zero-order valence-corrected chi connectivity index (χ0v) is 12.4. The lowest BCUT2D eigenvalue weighted by molar-refractivity contribution is -0.148. The summed E-state index contributed by atoms with van der Waals surface area (Å²) in [6.07, 6.45) is 7.41. The third-order valence-electron chi connectivity index (χ3n) is 3.53. The summed E-state index contributed by atoms with van der Waals surface area (Å²) in [5, 5.41) is 27.2. The molecule has 0 aliphatic heterocycles. The van der Waals surface area contributed by atoms with Crippen LogP contribution in [0.1, 0.15) is 71.1 Å². The number of aliphatic hydroxyl groups is 1. The van der Waals surface area contributed by atoms with E-state index >= 15 is 0 Å². The highest BCUT2D eigenvalue weighted by Crippen LogP contribution is 2.18. The Morgan fingerprint density at radius 2 is 1.40 bits per heavy atom. The van der Waals surface area contributed by atoms with Gasteiger partial charge in [-0.2, -0.15) is 0 Å². The molecule has 3 N–H and O–H groups in total. The third kappa shape index (κ3) is 9.78. The Morgan fingerprint density at radius 3 is 1.85 bits per heavy atom. The Kier molecular flexibility index (Phi) is 11.1. The number of carboxylic acids is 2. The topological polar surface area (TPSA) is 94.8 Å². The van der Waals surface area contributed by atoms with Gasteiger partial charge in [-0.1, -0.05) is 58.3 Å². The van der Waals surface area contributed by atoms with E-state index in [1.807, 2.05) is 0 Å². The highest BCUT2D eigenvalue weighted by molar-refractivity contribution is 5.73. The Hall–Kier alpha value is -1.10.